The van der Waals surface area contributed by atoms with E-state index in [1.54, 1.807) is 12.1 Å². The molecule has 0 aromatic heterocycles. The van der Waals surface area contributed by atoms with E-state index in [1.165, 1.54) is 5.56 Å². The zero-order valence-electron chi connectivity index (χ0n) is 15.6. The molecule has 136 valence electrons. The third-order valence-electron chi connectivity index (χ3n) is 4.68. The molecule has 0 fully saturated rings. The summed E-state index contributed by atoms with van der Waals surface area (Å²) in [7, 11) is -3.50. The first kappa shape index (κ1) is 19.7. The number of nitrogens with one attached hydrogen (secondary N) is 1. The van der Waals surface area contributed by atoms with Crippen LogP contribution in [0.25, 0.3) is 0 Å². The minimum absolute atomic E-state index is 0.0879. The lowest BCUT2D eigenvalue weighted by molar-refractivity contribution is 0.321. The number of rotatable bonds is 8. The molecular formula is C21H29NO2S. The van der Waals surface area contributed by atoms with Gasteiger partial charge >= 0.3 is 0 Å². The molecule has 0 bridgehead atoms. The molecule has 0 aliphatic heterocycles. The maximum Gasteiger partial charge on any atom is 0.240 e. The first-order chi connectivity index (χ1) is 11.8. The molecule has 0 radical (unpaired) electrons. The molecule has 0 amide bonds. The van der Waals surface area contributed by atoms with Gasteiger partial charge in [-0.3, -0.25) is 0 Å². The Labute approximate surface area is 152 Å². The molecule has 0 saturated carbocycles. The first-order valence-corrected chi connectivity index (χ1v) is 10.4. The van der Waals surface area contributed by atoms with E-state index in [0.717, 1.165) is 18.4 Å². The van der Waals surface area contributed by atoms with Gasteiger partial charge in [-0.2, -0.15) is 0 Å². The number of sulfonamides is 1. The van der Waals surface area contributed by atoms with E-state index in [1.807, 2.05) is 37.3 Å². The van der Waals surface area contributed by atoms with Crippen LogP contribution < -0.4 is 4.72 Å². The van der Waals surface area contributed by atoms with Crippen molar-refractivity contribution in [1.29, 1.82) is 0 Å². The Bertz CT molecular complexity index is 752. The van der Waals surface area contributed by atoms with Crippen molar-refractivity contribution in [2.45, 2.75) is 51.5 Å². The van der Waals surface area contributed by atoms with Crippen LogP contribution in [0.5, 0.6) is 0 Å². The lowest BCUT2D eigenvalue weighted by Gasteiger charge is -2.28. The summed E-state index contributed by atoms with van der Waals surface area (Å²) in [5, 5.41) is 0. The topological polar surface area (TPSA) is 46.2 Å². The van der Waals surface area contributed by atoms with Crippen LogP contribution in [0.4, 0.5) is 0 Å². The molecule has 0 heterocycles. The normalized spacial score (nSPS) is 14.4. The Balaban J connectivity index is 2.07. The van der Waals surface area contributed by atoms with Gasteiger partial charge in [-0.05, 0) is 49.3 Å². The zero-order chi connectivity index (χ0) is 18.4. The van der Waals surface area contributed by atoms with Gasteiger partial charge in [0.15, 0.2) is 0 Å². The van der Waals surface area contributed by atoms with Gasteiger partial charge in [-0.25, -0.2) is 13.1 Å². The summed E-state index contributed by atoms with van der Waals surface area (Å²) in [4.78, 5) is 0.332. The molecule has 2 aromatic carbocycles. The second-order valence-electron chi connectivity index (χ2n) is 7.21. The van der Waals surface area contributed by atoms with E-state index in [9.17, 15) is 8.42 Å². The highest BCUT2D eigenvalue weighted by molar-refractivity contribution is 7.89. The van der Waals surface area contributed by atoms with E-state index in [2.05, 4.69) is 37.6 Å². The number of hydrogen-bond donors (Lipinski definition) is 1. The highest BCUT2D eigenvalue weighted by atomic mass is 32.2. The van der Waals surface area contributed by atoms with Crippen molar-refractivity contribution < 1.29 is 8.42 Å². The lowest BCUT2D eigenvalue weighted by Crippen LogP contribution is -2.43. The van der Waals surface area contributed by atoms with E-state index in [4.69, 9.17) is 0 Å². The fraction of sp³-hybridized carbons (Fsp3) is 0.429. The molecule has 2 atom stereocenters. The van der Waals surface area contributed by atoms with Gasteiger partial charge in [0.2, 0.25) is 10.0 Å². The maximum atomic E-state index is 12.7. The van der Waals surface area contributed by atoms with Crippen LogP contribution in [0, 0.1) is 18.8 Å². The second-order valence-corrected chi connectivity index (χ2v) is 8.92. The van der Waals surface area contributed by atoms with Crippen molar-refractivity contribution in [2.24, 2.45) is 11.8 Å². The highest BCUT2D eigenvalue weighted by Crippen LogP contribution is 2.21. The van der Waals surface area contributed by atoms with Crippen LogP contribution >= 0.6 is 0 Å². The molecular weight excluding hydrogens is 330 g/mol. The fourth-order valence-corrected chi connectivity index (χ4v) is 4.59. The average Bonchev–Trinajstić information content (AvgIpc) is 2.58. The van der Waals surface area contributed by atoms with Gasteiger partial charge in [-0.1, -0.05) is 68.8 Å². The van der Waals surface area contributed by atoms with Crippen molar-refractivity contribution in [3.63, 3.8) is 0 Å². The van der Waals surface area contributed by atoms with Crippen molar-refractivity contribution in [2.75, 3.05) is 0 Å². The smallest absolute Gasteiger partial charge is 0.208 e. The van der Waals surface area contributed by atoms with Crippen molar-refractivity contribution in [3.05, 3.63) is 65.7 Å². The predicted octanol–water partition coefficient (Wildman–Crippen LogP) is 4.57. The monoisotopic (exact) mass is 359 g/mol. The summed E-state index contributed by atoms with van der Waals surface area (Å²) in [5.41, 5.74) is 2.34. The maximum absolute atomic E-state index is 12.7. The summed E-state index contributed by atoms with van der Waals surface area (Å²) in [5.74, 6) is 0.478. The first-order valence-electron chi connectivity index (χ1n) is 8.92. The molecule has 3 nitrogen and oxygen atoms in total. The van der Waals surface area contributed by atoms with Gasteiger partial charge in [0.1, 0.15) is 0 Å². The summed E-state index contributed by atoms with van der Waals surface area (Å²) < 4.78 is 28.4. The summed E-state index contributed by atoms with van der Waals surface area (Å²) in [6, 6.07) is 17.2. The van der Waals surface area contributed by atoms with Crippen LogP contribution in [-0.2, 0) is 16.4 Å². The summed E-state index contributed by atoms with van der Waals surface area (Å²) >= 11 is 0. The van der Waals surface area contributed by atoms with Crippen LogP contribution in [0.3, 0.4) is 0 Å². The minimum atomic E-state index is -3.50. The Kier molecular flexibility index (Phi) is 6.79. The molecule has 0 saturated heterocycles. The summed E-state index contributed by atoms with van der Waals surface area (Å²) in [6.45, 7) is 8.22. The van der Waals surface area contributed by atoms with Crippen molar-refractivity contribution in [1.82, 2.24) is 4.72 Å². The standard InChI is InChI=1S/C21H29NO2S/c1-16(2)21(18(4)12-13-19-8-6-5-7-9-19)22-25(23,24)20-14-10-17(3)11-15-20/h5-11,14-16,18,21-22H,12-13H2,1-4H3. The molecule has 0 aliphatic carbocycles. The molecule has 0 spiro atoms. The van der Waals surface area contributed by atoms with Gasteiger partial charge < -0.3 is 0 Å². The van der Waals surface area contributed by atoms with Crippen LogP contribution in [-0.4, -0.2) is 14.5 Å². The zero-order valence-corrected chi connectivity index (χ0v) is 16.4. The average molecular weight is 360 g/mol. The largest absolute Gasteiger partial charge is 0.240 e. The van der Waals surface area contributed by atoms with Crippen LogP contribution in [0.15, 0.2) is 59.5 Å². The molecule has 4 heteroatoms. The fourth-order valence-electron chi connectivity index (χ4n) is 3.09. The number of benzene rings is 2. The third-order valence-corrected chi connectivity index (χ3v) is 6.16. The lowest BCUT2D eigenvalue weighted by atomic mass is 9.88. The van der Waals surface area contributed by atoms with Gasteiger partial charge in [0.25, 0.3) is 0 Å². The van der Waals surface area contributed by atoms with Crippen LogP contribution in [0.2, 0.25) is 0 Å². The van der Waals surface area contributed by atoms with E-state index in [-0.39, 0.29) is 17.9 Å². The van der Waals surface area contributed by atoms with E-state index >= 15 is 0 Å². The quantitative estimate of drug-likeness (QED) is 0.750. The van der Waals surface area contributed by atoms with Gasteiger partial charge in [0.05, 0.1) is 4.90 Å². The highest BCUT2D eigenvalue weighted by Gasteiger charge is 2.26. The predicted molar refractivity (Wildman–Crippen MR) is 104 cm³/mol. The molecule has 2 aromatic rings. The van der Waals surface area contributed by atoms with Crippen molar-refractivity contribution >= 4 is 10.0 Å². The van der Waals surface area contributed by atoms with Gasteiger partial charge in [-0.15, -0.1) is 0 Å². The minimum Gasteiger partial charge on any atom is -0.208 e. The van der Waals surface area contributed by atoms with E-state index in [0.29, 0.717) is 4.90 Å². The second kappa shape index (κ2) is 8.63. The Hall–Kier alpha value is -1.65. The summed E-state index contributed by atoms with van der Waals surface area (Å²) in [6.07, 6.45) is 1.90. The molecule has 1 N–H and O–H groups in total. The molecule has 2 unspecified atom stereocenters. The van der Waals surface area contributed by atoms with Crippen molar-refractivity contribution in [3.8, 4) is 0 Å². The van der Waals surface area contributed by atoms with E-state index < -0.39 is 10.0 Å². The number of aryl methyl sites for hydroxylation is 2. The molecule has 25 heavy (non-hydrogen) atoms. The van der Waals surface area contributed by atoms with Gasteiger partial charge in [0, 0.05) is 6.04 Å². The molecule has 2 rings (SSSR count). The Morgan fingerprint density at radius 3 is 2.08 bits per heavy atom. The Morgan fingerprint density at radius 1 is 0.920 bits per heavy atom. The number of hydrogen-bond acceptors (Lipinski definition) is 2. The SMILES string of the molecule is Cc1ccc(S(=O)(=O)NC(C(C)C)C(C)CCc2ccccc2)cc1. The Morgan fingerprint density at radius 2 is 1.52 bits per heavy atom. The van der Waals surface area contributed by atoms with Crippen LogP contribution in [0.1, 0.15) is 38.3 Å². The molecule has 0 aliphatic rings. The third kappa shape index (κ3) is 5.68.